The van der Waals surface area contributed by atoms with Gasteiger partial charge in [-0.3, -0.25) is 0 Å². The van der Waals surface area contributed by atoms with Crippen molar-refractivity contribution in [1.82, 2.24) is 10.3 Å². The van der Waals surface area contributed by atoms with Crippen LogP contribution < -0.4 is 10.2 Å². The Morgan fingerprint density at radius 2 is 1.90 bits per heavy atom. The van der Waals surface area contributed by atoms with Gasteiger partial charge in [-0.25, -0.2) is 4.98 Å². The summed E-state index contributed by atoms with van der Waals surface area (Å²) in [6.45, 7) is 5.45. The second-order valence-electron chi connectivity index (χ2n) is 6.02. The summed E-state index contributed by atoms with van der Waals surface area (Å²) in [5.74, 6) is 2.07. The van der Waals surface area contributed by atoms with E-state index < -0.39 is 0 Å². The van der Waals surface area contributed by atoms with E-state index in [9.17, 15) is 0 Å². The minimum absolute atomic E-state index is 0.867. The monoisotopic (exact) mass is 283 g/mol. The molecule has 0 spiro atoms. The number of aromatic nitrogens is 1. The standard InChI is InChI=1S/C18H25N3/c1-3-14-8-10-21(11-9-14)18-17-7-5-4-6-16(17)15(12-19-2)13-20-18/h4-7,13-14,19H,3,8-12H2,1-2H3. The Kier molecular flexibility index (Phi) is 4.39. The molecule has 0 radical (unpaired) electrons. The van der Waals surface area contributed by atoms with Gasteiger partial charge in [0.1, 0.15) is 5.82 Å². The van der Waals surface area contributed by atoms with Gasteiger partial charge in [0.05, 0.1) is 0 Å². The van der Waals surface area contributed by atoms with E-state index in [0.29, 0.717) is 0 Å². The van der Waals surface area contributed by atoms with Gasteiger partial charge in [-0.05, 0) is 36.8 Å². The molecule has 2 heterocycles. The summed E-state index contributed by atoms with van der Waals surface area (Å²) >= 11 is 0. The minimum atomic E-state index is 0.867. The zero-order valence-electron chi connectivity index (χ0n) is 13.1. The van der Waals surface area contributed by atoms with Crippen LogP contribution in [0.15, 0.2) is 30.5 Å². The third-order valence-corrected chi connectivity index (χ3v) is 4.72. The summed E-state index contributed by atoms with van der Waals surface area (Å²) in [6, 6.07) is 8.67. The second kappa shape index (κ2) is 6.44. The highest BCUT2D eigenvalue weighted by molar-refractivity contribution is 5.94. The smallest absolute Gasteiger partial charge is 0.136 e. The molecule has 0 unspecified atom stereocenters. The van der Waals surface area contributed by atoms with E-state index in [4.69, 9.17) is 4.98 Å². The number of anilines is 1. The Bertz CT molecular complexity index is 600. The molecule has 21 heavy (non-hydrogen) atoms. The second-order valence-corrected chi connectivity index (χ2v) is 6.02. The molecule has 1 N–H and O–H groups in total. The molecule has 0 amide bonds. The fraction of sp³-hybridized carbons (Fsp3) is 0.500. The molecule has 3 rings (SSSR count). The summed E-state index contributed by atoms with van der Waals surface area (Å²) < 4.78 is 0. The van der Waals surface area contributed by atoms with Crippen LogP contribution in [-0.4, -0.2) is 25.1 Å². The van der Waals surface area contributed by atoms with Crippen LogP contribution in [-0.2, 0) is 6.54 Å². The highest BCUT2D eigenvalue weighted by atomic mass is 15.2. The van der Waals surface area contributed by atoms with Crippen molar-refractivity contribution in [3.8, 4) is 0 Å². The highest BCUT2D eigenvalue weighted by Crippen LogP contribution is 2.30. The van der Waals surface area contributed by atoms with Crippen LogP contribution in [0, 0.1) is 5.92 Å². The molecule has 0 bridgehead atoms. The first kappa shape index (κ1) is 14.3. The zero-order valence-corrected chi connectivity index (χ0v) is 13.1. The zero-order chi connectivity index (χ0) is 14.7. The van der Waals surface area contributed by atoms with E-state index >= 15 is 0 Å². The number of nitrogens with zero attached hydrogens (tertiary/aromatic N) is 2. The topological polar surface area (TPSA) is 28.2 Å². The molecule has 112 valence electrons. The van der Waals surface area contributed by atoms with Gasteiger partial charge in [-0.1, -0.05) is 37.6 Å². The number of fused-ring (bicyclic) bond motifs is 1. The first-order chi connectivity index (χ1) is 10.3. The van der Waals surface area contributed by atoms with E-state index in [1.807, 2.05) is 13.2 Å². The number of piperidine rings is 1. The van der Waals surface area contributed by atoms with Crippen LogP contribution in [0.5, 0.6) is 0 Å². The first-order valence-corrected chi connectivity index (χ1v) is 8.09. The van der Waals surface area contributed by atoms with Gasteiger partial charge in [-0.2, -0.15) is 0 Å². The fourth-order valence-corrected chi connectivity index (χ4v) is 3.37. The van der Waals surface area contributed by atoms with Crippen molar-refractivity contribution >= 4 is 16.6 Å². The number of pyridine rings is 1. The summed E-state index contributed by atoms with van der Waals surface area (Å²) in [7, 11) is 1.98. The molecule has 2 aromatic rings. The SMILES string of the molecule is CCC1CCN(c2ncc(CNC)c3ccccc23)CC1. The van der Waals surface area contributed by atoms with Crippen LogP contribution in [0.1, 0.15) is 31.7 Å². The van der Waals surface area contributed by atoms with Crippen molar-refractivity contribution in [2.24, 2.45) is 5.92 Å². The molecule has 1 aliphatic rings. The van der Waals surface area contributed by atoms with Crippen molar-refractivity contribution in [1.29, 1.82) is 0 Å². The molecule has 1 fully saturated rings. The summed E-state index contributed by atoms with van der Waals surface area (Å²) in [4.78, 5) is 7.26. The number of hydrogen-bond donors (Lipinski definition) is 1. The van der Waals surface area contributed by atoms with Gasteiger partial charge < -0.3 is 10.2 Å². The normalized spacial score (nSPS) is 16.6. The van der Waals surface area contributed by atoms with Crippen LogP contribution in [0.4, 0.5) is 5.82 Å². The average molecular weight is 283 g/mol. The van der Waals surface area contributed by atoms with Crippen molar-refractivity contribution in [3.63, 3.8) is 0 Å². The van der Waals surface area contributed by atoms with E-state index in [1.54, 1.807) is 0 Å². The van der Waals surface area contributed by atoms with Gasteiger partial charge in [0.25, 0.3) is 0 Å². The van der Waals surface area contributed by atoms with Crippen molar-refractivity contribution < 1.29 is 0 Å². The Labute approximate surface area is 127 Å². The van der Waals surface area contributed by atoms with Gasteiger partial charge in [-0.15, -0.1) is 0 Å². The minimum Gasteiger partial charge on any atom is -0.356 e. The molecule has 1 aromatic carbocycles. The van der Waals surface area contributed by atoms with E-state index in [1.165, 1.54) is 41.4 Å². The lowest BCUT2D eigenvalue weighted by molar-refractivity contribution is 0.394. The average Bonchev–Trinajstić information content (AvgIpc) is 2.56. The van der Waals surface area contributed by atoms with Gasteiger partial charge in [0.2, 0.25) is 0 Å². The predicted octanol–water partition coefficient (Wildman–Crippen LogP) is 3.58. The lowest BCUT2D eigenvalue weighted by Crippen LogP contribution is -2.34. The number of rotatable bonds is 4. The van der Waals surface area contributed by atoms with E-state index in [-0.39, 0.29) is 0 Å². The third kappa shape index (κ3) is 2.88. The largest absolute Gasteiger partial charge is 0.356 e. The Morgan fingerprint density at radius 3 is 2.57 bits per heavy atom. The summed E-state index contributed by atoms with van der Waals surface area (Å²) in [5.41, 5.74) is 1.28. The fourth-order valence-electron chi connectivity index (χ4n) is 3.37. The van der Waals surface area contributed by atoms with Crippen molar-refractivity contribution in [3.05, 3.63) is 36.0 Å². The van der Waals surface area contributed by atoms with Gasteiger partial charge in [0.15, 0.2) is 0 Å². The summed E-state index contributed by atoms with van der Waals surface area (Å²) in [5, 5.41) is 5.85. The van der Waals surface area contributed by atoms with Crippen molar-refractivity contribution in [2.75, 3.05) is 25.0 Å². The lowest BCUT2D eigenvalue weighted by atomic mass is 9.94. The predicted molar refractivity (Wildman–Crippen MR) is 89.7 cm³/mol. The molecular formula is C18H25N3. The Balaban J connectivity index is 1.94. The molecule has 0 aliphatic carbocycles. The maximum Gasteiger partial charge on any atom is 0.136 e. The number of benzene rings is 1. The molecule has 0 atom stereocenters. The Morgan fingerprint density at radius 1 is 1.19 bits per heavy atom. The summed E-state index contributed by atoms with van der Waals surface area (Å²) in [6.07, 6.45) is 5.94. The molecule has 1 aromatic heterocycles. The number of hydrogen-bond acceptors (Lipinski definition) is 3. The molecular weight excluding hydrogens is 258 g/mol. The van der Waals surface area contributed by atoms with Gasteiger partial charge >= 0.3 is 0 Å². The lowest BCUT2D eigenvalue weighted by Gasteiger charge is -2.33. The molecule has 3 nitrogen and oxygen atoms in total. The van der Waals surface area contributed by atoms with Gasteiger partial charge in [0, 0.05) is 31.2 Å². The first-order valence-electron chi connectivity index (χ1n) is 8.09. The van der Waals surface area contributed by atoms with Crippen LogP contribution in [0.2, 0.25) is 0 Å². The third-order valence-electron chi connectivity index (χ3n) is 4.72. The van der Waals surface area contributed by atoms with E-state index in [2.05, 4.69) is 41.4 Å². The maximum atomic E-state index is 4.79. The highest BCUT2D eigenvalue weighted by Gasteiger charge is 2.20. The Hall–Kier alpha value is -1.61. The van der Waals surface area contributed by atoms with E-state index in [0.717, 1.165) is 25.6 Å². The van der Waals surface area contributed by atoms with Crippen LogP contribution in [0.25, 0.3) is 10.8 Å². The van der Waals surface area contributed by atoms with Crippen molar-refractivity contribution in [2.45, 2.75) is 32.7 Å². The molecule has 1 aliphatic heterocycles. The molecule has 0 saturated carbocycles. The number of nitrogens with one attached hydrogen (secondary N) is 1. The maximum absolute atomic E-state index is 4.79. The quantitative estimate of drug-likeness (QED) is 0.929. The molecule has 3 heteroatoms. The molecule has 1 saturated heterocycles. The van der Waals surface area contributed by atoms with Crippen LogP contribution >= 0.6 is 0 Å². The van der Waals surface area contributed by atoms with Crippen LogP contribution in [0.3, 0.4) is 0 Å².